The Morgan fingerprint density at radius 2 is 1.85 bits per heavy atom. The van der Waals surface area contributed by atoms with Crippen molar-refractivity contribution in [3.05, 3.63) is 12.2 Å². The van der Waals surface area contributed by atoms with E-state index in [1.807, 2.05) is 0 Å². The highest BCUT2D eigenvalue weighted by Gasteiger charge is 1.98. The van der Waals surface area contributed by atoms with Gasteiger partial charge in [-0.2, -0.15) is 0 Å². The molecule has 0 aliphatic carbocycles. The summed E-state index contributed by atoms with van der Waals surface area (Å²) in [6.07, 6.45) is 11.7. The summed E-state index contributed by atoms with van der Waals surface area (Å²) in [4.78, 5) is 0. The first-order valence-corrected chi connectivity index (χ1v) is 5.57. The van der Waals surface area contributed by atoms with Crippen LogP contribution in [0.2, 0.25) is 0 Å². The Labute approximate surface area is 82.9 Å². The molecule has 0 saturated carbocycles. The van der Waals surface area contributed by atoms with Crippen LogP contribution < -0.4 is 0 Å². The van der Waals surface area contributed by atoms with E-state index < -0.39 is 0 Å². The SMILES string of the molecule is CCCC=CCCCC(C)CCO. The Morgan fingerprint density at radius 1 is 1.15 bits per heavy atom. The van der Waals surface area contributed by atoms with Gasteiger partial charge in [0.2, 0.25) is 0 Å². The van der Waals surface area contributed by atoms with Gasteiger partial charge in [-0.15, -0.1) is 0 Å². The van der Waals surface area contributed by atoms with Crippen LogP contribution in [0.5, 0.6) is 0 Å². The molecule has 0 aromatic heterocycles. The predicted molar refractivity (Wildman–Crippen MR) is 58.8 cm³/mol. The average Bonchev–Trinajstić information content (AvgIpc) is 2.11. The van der Waals surface area contributed by atoms with Gasteiger partial charge in [0.1, 0.15) is 0 Å². The van der Waals surface area contributed by atoms with E-state index in [1.54, 1.807) is 0 Å². The fourth-order valence-electron chi connectivity index (χ4n) is 1.35. The van der Waals surface area contributed by atoms with Crippen molar-refractivity contribution >= 4 is 0 Å². The van der Waals surface area contributed by atoms with E-state index in [0.717, 1.165) is 6.42 Å². The molecule has 1 nitrogen and oxygen atoms in total. The van der Waals surface area contributed by atoms with Gasteiger partial charge >= 0.3 is 0 Å². The molecule has 0 spiro atoms. The molecule has 13 heavy (non-hydrogen) atoms. The van der Waals surface area contributed by atoms with Crippen LogP contribution in [0.1, 0.15) is 52.4 Å². The summed E-state index contributed by atoms with van der Waals surface area (Å²) in [6, 6.07) is 0. The van der Waals surface area contributed by atoms with Gasteiger partial charge in [-0.1, -0.05) is 38.8 Å². The largest absolute Gasteiger partial charge is 0.396 e. The molecule has 0 amide bonds. The van der Waals surface area contributed by atoms with Crippen molar-refractivity contribution in [3.8, 4) is 0 Å². The molecule has 0 heterocycles. The molecule has 0 aromatic rings. The highest BCUT2D eigenvalue weighted by Crippen LogP contribution is 2.11. The number of rotatable bonds is 8. The van der Waals surface area contributed by atoms with Crippen molar-refractivity contribution in [1.82, 2.24) is 0 Å². The van der Waals surface area contributed by atoms with E-state index in [4.69, 9.17) is 5.11 Å². The zero-order valence-corrected chi connectivity index (χ0v) is 9.13. The maximum absolute atomic E-state index is 8.70. The summed E-state index contributed by atoms with van der Waals surface area (Å²) in [5, 5.41) is 8.70. The molecule has 0 fully saturated rings. The molecule has 0 rings (SSSR count). The van der Waals surface area contributed by atoms with E-state index in [-0.39, 0.29) is 0 Å². The minimum atomic E-state index is 0.340. The third kappa shape index (κ3) is 9.62. The summed E-state index contributed by atoms with van der Waals surface area (Å²) < 4.78 is 0. The minimum Gasteiger partial charge on any atom is -0.396 e. The molecule has 0 aromatic carbocycles. The molecular formula is C12H24O. The van der Waals surface area contributed by atoms with Crippen LogP contribution in [0.15, 0.2) is 12.2 Å². The third-order valence-corrected chi connectivity index (χ3v) is 2.31. The maximum atomic E-state index is 8.70. The zero-order valence-electron chi connectivity index (χ0n) is 9.13. The van der Waals surface area contributed by atoms with Crippen LogP contribution in [0, 0.1) is 5.92 Å². The van der Waals surface area contributed by atoms with Gasteiger partial charge in [-0.3, -0.25) is 0 Å². The number of unbranched alkanes of at least 4 members (excludes halogenated alkanes) is 2. The first kappa shape index (κ1) is 12.7. The van der Waals surface area contributed by atoms with Gasteiger partial charge < -0.3 is 5.11 Å². The van der Waals surface area contributed by atoms with Crippen LogP contribution in [-0.2, 0) is 0 Å². The Morgan fingerprint density at radius 3 is 2.46 bits per heavy atom. The number of hydrogen-bond donors (Lipinski definition) is 1. The molecule has 0 aliphatic rings. The molecule has 0 radical (unpaired) electrons. The van der Waals surface area contributed by atoms with E-state index in [9.17, 15) is 0 Å². The lowest BCUT2D eigenvalue weighted by molar-refractivity contribution is 0.257. The summed E-state index contributed by atoms with van der Waals surface area (Å²) in [6.45, 7) is 4.76. The quantitative estimate of drug-likeness (QED) is 0.452. The summed E-state index contributed by atoms with van der Waals surface area (Å²) in [5.74, 6) is 0.685. The number of aliphatic hydroxyl groups excluding tert-OH is 1. The molecule has 0 saturated heterocycles. The molecule has 0 aliphatic heterocycles. The van der Waals surface area contributed by atoms with Gasteiger partial charge in [-0.05, 0) is 31.6 Å². The lowest BCUT2D eigenvalue weighted by Crippen LogP contribution is -1.97. The normalized spacial score (nSPS) is 13.8. The van der Waals surface area contributed by atoms with Crippen molar-refractivity contribution in [2.45, 2.75) is 52.4 Å². The molecule has 1 atom stereocenters. The third-order valence-electron chi connectivity index (χ3n) is 2.31. The zero-order chi connectivity index (χ0) is 9.94. The average molecular weight is 184 g/mol. The Bertz CT molecular complexity index is 118. The fraction of sp³-hybridized carbons (Fsp3) is 0.833. The summed E-state index contributed by atoms with van der Waals surface area (Å²) in [7, 11) is 0. The minimum absolute atomic E-state index is 0.340. The van der Waals surface area contributed by atoms with Crippen LogP contribution in [0.3, 0.4) is 0 Å². The first-order valence-electron chi connectivity index (χ1n) is 5.57. The standard InChI is InChI=1S/C12H24O/c1-3-4-5-6-7-8-9-12(2)10-11-13/h5-6,12-13H,3-4,7-11H2,1-2H3. The van der Waals surface area contributed by atoms with E-state index in [0.29, 0.717) is 12.5 Å². The van der Waals surface area contributed by atoms with Gasteiger partial charge in [0.15, 0.2) is 0 Å². The van der Waals surface area contributed by atoms with Crippen LogP contribution in [-0.4, -0.2) is 11.7 Å². The second kappa shape index (κ2) is 9.79. The van der Waals surface area contributed by atoms with Crippen molar-refractivity contribution in [1.29, 1.82) is 0 Å². The van der Waals surface area contributed by atoms with Gasteiger partial charge in [0.05, 0.1) is 0 Å². The molecule has 1 heteroatoms. The highest BCUT2D eigenvalue weighted by atomic mass is 16.2. The fourth-order valence-corrected chi connectivity index (χ4v) is 1.35. The lowest BCUT2D eigenvalue weighted by Gasteiger charge is -2.07. The van der Waals surface area contributed by atoms with Crippen molar-refractivity contribution in [2.24, 2.45) is 5.92 Å². The number of hydrogen-bond acceptors (Lipinski definition) is 1. The Hall–Kier alpha value is -0.300. The van der Waals surface area contributed by atoms with Gasteiger partial charge in [0, 0.05) is 6.61 Å². The lowest BCUT2D eigenvalue weighted by atomic mass is 10.0. The second-order valence-corrected chi connectivity index (χ2v) is 3.81. The smallest absolute Gasteiger partial charge is 0.0433 e. The Kier molecular flexibility index (Phi) is 9.56. The molecular weight excluding hydrogens is 160 g/mol. The van der Waals surface area contributed by atoms with Crippen molar-refractivity contribution in [2.75, 3.05) is 6.61 Å². The molecule has 0 bridgehead atoms. The van der Waals surface area contributed by atoms with E-state index in [2.05, 4.69) is 26.0 Å². The Balaban J connectivity index is 3.15. The van der Waals surface area contributed by atoms with Crippen molar-refractivity contribution in [3.63, 3.8) is 0 Å². The van der Waals surface area contributed by atoms with E-state index >= 15 is 0 Å². The van der Waals surface area contributed by atoms with Crippen LogP contribution in [0.25, 0.3) is 0 Å². The number of aliphatic hydroxyl groups is 1. The van der Waals surface area contributed by atoms with E-state index in [1.165, 1.54) is 32.1 Å². The highest BCUT2D eigenvalue weighted by molar-refractivity contribution is 4.80. The van der Waals surface area contributed by atoms with Crippen LogP contribution >= 0.6 is 0 Å². The summed E-state index contributed by atoms with van der Waals surface area (Å²) >= 11 is 0. The summed E-state index contributed by atoms with van der Waals surface area (Å²) in [5.41, 5.74) is 0. The van der Waals surface area contributed by atoms with Gasteiger partial charge in [0.25, 0.3) is 0 Å². The maximum Gasteiger partial charge on any atom is 0.0433 e. The molecule has 1 unspecified atom stereocenters. The second-order valence-electron chi connectivity index (χ2n) is 3.81. The predicted octanol–water partition coefficient (Wildman–Crippen LogP) is 3.53. The first-order chi connectivity index (χ1) is 6.31. The van der Waals surface area contributed by atoms with Crippen LogP contribution in [0.4, 0.5) is 0 Å². The molecule has 1 N–H and O–H groups in total. The monoisotopic (exact) mass is 184 g/mol. The molecule has 78 valence electrons. The van der Waals surface area contributed by atoms with Gasteiger partial charge in [-0.25, -0.2) is 0 Å². The van der Waals surface area contributed by atoms with Crippen molar-refractivity contribution < 1.29 is 5.11 Å². The topological polar surface area (TPSA) is 20.2 Å². The number of allylic oxidation sites excluding steroid dienone is 2.